The van der Waals surface area contributed by atoms with E-state index in [2.05, 4.69) is 0 Å². The molecule has 0 aromatic heterocycles. The number of aliphatic hydroxyl groups excluding tert-OH is 1. The first-order valence-electron chi connectivity index (χ1n) is 11.2. The SMILES string of the molecule is O=C(O)C(CCN1C(=O)c2ccccc2C1=O)C(O)CCc1ccc(-c2cc(F)cc(F)c2)cc1. The molecule has 4 rings (SSSR count). The van der Waals surface area contributed by atoms with Crippen LogP contribution in [0, 0.1) is 17.6 Å². The lowest BCUT2D eigenvalue weighted by molar-refractivity contribution is -0.146. The van der Waals surface area contributed by atoms with E-state index in [4.69, 9.17) is 0 Å². The number of aryl methyl sites for hydroxylation is 1. The van der Waals surface area contributed by atoms with Gasteiger partial charge in [0.2, 0.25) is 0 Å². The minimum absolute atomic E-state index is 0.0773. The second-order valence-electron chi connectivity index (χ2n) is 8.50. The van der Waals surface area contributed by atoms with E-state index >= 15 is 0 Å². The van der Waals surface area contributed by atoms with Gasteiger partial charge in [-0.2, -0.15) is 0 Å². The van der Waals surface area contributed by atoms with Gasteiger partial charge in [-0.05, 0) is 60.2 Å². The molecule has 2 unspecified atom stereocenters. The lowest BCUT2D eigenvalue weighted by atomic mass is 9.93. The third-order valence-electron chi connectivity index (χ3n) is 6.20. The summed E-state index contributed by atoms with van der Waals surface area (Å²) in [6.45, 7) is -0.112. The molecule has 2 atom stereocenters. The van der Waals surface area contributed by atoms with E-state index in [0.29, 0.717) is 17.5 Å². The van der Waals surface area contributed by atoms with E-state index < -0.39 is 41.4 Å². The molecule has 0 aliphatic carbocycles. The Balaban J connectivity index is 1.35. The van der Waals surface area contributed by atoms with Gasteiger partial charge in [0, 0.05) is 12.6 Å². The summed E-state index contributed by atoms with van der Waals surface area (Å²) in [6.07, 6.45) is -0.755. The van der Waals surface area contributed by atoms with Gasteiger partial charge in [0.25, 0.3) is 11.8 Å². The normalized spacial score (nSPS) is 14.7. The summed E-state index contributed by atoms with van der Waals surface area (Å²) in [4.78, 5) is 37.8. The lowest BCUT2D eigenvalue weighted by Crippen LogP contribution is -2.36. The number of aliphatic hydroxyl groups is 1. The Hall–Kier alpha value is -3.91. The van der Waals surface area contributed by atoms with E-state index in [1.807, 2.05) is 0 Å². The minimum atomic E-state index is -1.21. The zero-order chi connectivity index (χ0) is 25.1. The molecule has 1 aliphatic rings. The van der Waals surface area contributed by atoms with Crippen LogP contribution in [0.1, 0.15) is 39.1 Å². The number of hydrogen-bond donors (Lipinski definition) is 2. The highest BCUT2D eigenvalue weighted by Gasteiger charge is 2.36. The summed E-state index contributed by atoms with van der Waals surface area (Å²) >= 11 is 0. The number of hydrogen-bond acceptors (Lipinski definition) is 4. The van der Waals surface area contributed by atoms with Crippen molar-refractivity contribution in [3.05, 3.63) is 95.1 Å². The predicted molar refractivity (Wildman–Crippen MR) is 124 cm³/mol. The van der Waals surface area contributed by atoms with Crippen molar-refractivity contribution in [3.8, 4) is 11.1 Å². The van der Waals surface area contributed by atoms with E-state index in [0.717, 1.165) is 16.5 Å². The van der Waals surface area contributed by atoms with Gasteiger partial charge in [-0.3, -0.25) is 19.3 Å². The standard InChI is InChI=1S/C27H23F2NO5/c28-19-13-18(14-20(29)15-19)17-8-5-16(6-9-17)7-10-24(31)23(27(34)35)11-12-30-25(32)21-3-1-2-4-22(21)26(30)33/h1-6,8-9,13-15,23-24,31H,7,10-12H2,(H,34,35). The van der Waals surface area contributed by atoms with Crippen LogP contribution >= 0.6 is 0 Å². The van der Waals surface area contributed by atoms with Crippen LogP contribution in [0.3, 0.4) is 0 Å². The van der Waals surface area contributed by atoms with Crippen molar-refractivity contribution in [2.45, 2.75) is 25.4 Å². The highest BCUT2D eigenvalue weighted by atomic mass is 19.1. The fourth-order valence-electron chi connectivity index (χ4n) is 4.29. The Kier molecular flexibility index (Phi) is 7.02. The molecule has 0 bridgehead atoms. The summed E-state index contributed by atoms with van der Waals surface area (Å²) in [5.74, 6) is -4.65. The summed E-state index contributed by atoms with van der Waals surface area (Å²) in [5, 5.41) is 20.2. The molecule has 8 heteroatoms. The van der Waals surface area contributed by atoms with Crippen LogP contribution in [-0.2, 0) is 11.2 Å². The fraction of sp³-hybridized carbons (Fsp3) is 0.222. The molecule has 180 valence electrons. The molecule has 0 fully saturated rings. The van der Waals surface area contributed by atoms with Gasteiger partial charge < -0.3 is 10.2 Å². The van der Waals surface area contributed by atoms with Crippen molar-refractivity contribution in [1.29, 1.82) is 0 Å². The van der Waals surface area contributed by atoms with Crippen LogP contribution in [-0.4, -0.2) is 45.5 Å². The Morgan fingerprint density at radius 3 is 1.94 bits per heavy atom. The molecular formula is C27H23F2NO5. The van der Waals surface area contributed by atoms with Gasteiger partial charge in [0.1, 0.15) is 11.6 Å². The van der Waals surface area contributed by atoms with Gasteiger partial charge in [0.15, 0.2) is 0 Å². The molecule has 3 aromatic carbocycles. The molecule has 1 aliphatic heterocycles. The first-order valence-corrected chi connectivity index (χ1v) is 11.2. The zero-order valence-electron chi connectivity index (χ0n) is 18.7. The number of rotatable bonds is 9. The highest BCUT2D eigenvalue weighted by molar-refractivity contribution is 6.21. The van der Waals surface area contributed by atoms with Crippen molar-refractivity contribution < 1.29 is 33.4 Å². The quantitative estimate of drug-likeness (QED) is 0.446. The predicted octanol–water partition coefficient (Wildman–Crippen LogP) is 4.31. The maximum atomic E-state index is 13.5. The summed E-state index contributed by atoms with van der Waals surface area (Å²) in [5.41, 5.74) is 2.41. The van der Waals surface area contributed by atoms with E-state index in [9.17, 15) is 33.4 Å². The number of carbonyl (C=O) groups is 3. The van der Waals surface area contributed by atoms with Crippen molar-refractivity contribution in [1.82, 2.24) is 4.90 Å². The molecule has 0 saturated heterocycles. The molecule has 35 heavy (non-hydrogen) atoms. The van der Waals surface area contributed by atoms with Crippen LogP contribution < -0.4 is 0 Å². The van der Waals surface area contributed by atoms with Crippen LogP contribution in [0.15, 0.2) is 66.7 Å². The van der Waals surface area contributed by atoms with Gasteiger partial charge in [-0.15, -0.1) is 0 Å². The van der Waals surface area contributed by atoms with E-state index in [1.165, 1.54) is 12.1 Å². The topological polar surface area (TPSA) is 94.9 Å². The van der Waals surface area contributed by atoms with Gasteiger partial charge in [0.05, 0.1) is 23.1 Å². The lowest BCUT2D eigenvalue weighted by Gasteiger charge is -2.22. The van der Waals surface area contributed by atoms with Crippen LogP contribution in [0.4, 0.5) is 8.78 Å². The molecule has 6 nitrogen and oxygen atoms in total. The summed E-state index contributed by atoms with van der Waals surface area (Å²) < 4.78 is 26.9. The van der Waals surface area contributed by atoms with Crippen molar-refractivity contribution in [3.63, 3.8) is 0 Å². The molecular weight excluding hydrogens is 456 g/mol. The maximum Gasteiger partial charge on any atom is 0.309 e. The molecule has 1 heterocycles. The Labute approximate surface area is 200 Å². The zero-order valence-corrected chi connectivity index (χ0v) is 18.7. The molecule has 2 N–H and O–H groups in total. The summed E-state index contributed by atoms with van der Waals surface area (Å²) in [7, 11) is 0. The first kappa shape index (κ1) is 24.2. The van der Waals surface area contributed by atoms with Crippen molar-refractivity contribution in [2.75, 3.05) is 6.54 Å². The van der Waals surface area contributed by atoms with Crippen molar-refractivity contribution in [2.24, 2.45) is 5.92 Å². The number of fused-ring (bicyclic) bond motifs is 1. The number of carboxylic acid groups (broad SMARTS) is 1. The van der Waals surface area contributed by atoms with E-state index in [1.54, 1.807) is 48.5 Å². The highest BCUT2D eigenvalue weighted by Crippen LogP contribution is 2.26. The van der Waals surface area contributed by atoms with E-state index in [-0.39, 0.29) is 30.5 Å². The monoisotopic (exact) mass is 479 g/mol. The van der Waals surface area contributed by atoms with Gasteiger partial charge in [-0.25, -0.2) is 8.78 Å². The fourth-order valence-corrected chi connectivity index (χ4v) is 4.29. The summed E-state index contributed by atoms with van der Waals surface area (Å²) in [6, 6.07) is 16.6. The number of carbonyl (C=O) groups excluding carboxylic acids is 2. The number of nitrogens with zero attached hydrogens (tertiary/aromatic N) is 1. The minimum Gasteiger partial charge on any atom is -0.481 e. The smallest absolute Gasteiger partial charge is 0.309 e. The first-order chi connectivity index (χ1) is 16.7. The average Bonchev–Trinajstić information content (AvgIpc) is 3.07. The number of benzene rings is 3. The Morgan fingerprint density at radius 1 is 0.829 bits per heavy atom. The average molecular weight is 479 g/mol. The third kappa shape index (κ3) is 5.27. The number of imide groups is 1. The van der Waals surface area contributed by atoms with Crippen LogP contribution in [0.25, 0.3) is 11.1 Å². The Bertz CT molecular complexity index is 1220. The maximum absolute atomic E-state index is 13.5. The second-order valence-corrected chi connectivity index (χ2v) is 8.50. The molecule has 2 amide bonds. The van der Waals surface area contributed by atoms with Crippen LogP contribution in [0.2, 0.25) is 0 Å². The number of carboxylic acids is 1. The Morgan fingerprint density at radius 2 is 1.40 bits per heavy atom. The third-order valence-corrected chi connectivity index (χ3v) is 6.20. The van der Waals surface area contributed by atoms with Crippen molar-refractivity contribution >= 4 is 17.8 Å². The van der Waals surface area contributed by atoms with Crippen LogP contribution in [0.5, 0.6) is 0 Å². The molecule has 3 aromatic rings. The number of halogens is 2. The number of aliphatic carboxylic acids is 1. The van der Waals surface area contributed by atoms with Gasteiger partial charge >= 0.3 is 5.97 Å². The molecule has 0 saturated carbocycles. The molecule has 0 spiro atoms. The largest absolute Gasteiger partial charge is 0.481 e. The second kappa shape index (κ2) is 10.1. The number of amides is 2. The van der Waals surface area contributed by atoms with Gasteiger partial charge in [-0.1, -0.05) is 36.4 Å². The molecule has 0 radical (unpaired) electrons.